The molecule has 0 amide bonds. The van der Waals surface area contributed by atoms with E-state index in [0.29, 0.717) is 6.07 Å². The Morgan fingerprint density at radius 1 is 0.952 bits per heavy atom. The lowest BCUT2D eigenvalue weighted by molar-refractivity contribution is 0.108. The number of halogens is 6. The number of carbonyl (C=O) groups excluding carboxylic acids is 1. The monoisotopic (exact) mass is 369 g/mol. The second-order valence-electron chi connectivity index (χ2n) is 3.96. The number of nitrogens with one attached hydrogen (secondary N) is 1. The lowest BCUT2D eigenvalue weighted by Gasteiger charge is -2.13. The van der Waals surface area contributed by atoms with Gasteiger partial charge in [-0.05, 0) is 29.8 Å². The highest BCUT2D eigenvalue weighted by Gasteiger charge is 2.15. The first-order valence-electron chi connectivity index (χ1n) is 5.40. The molecule has 0 spiro atoms. The van der Waals surface area contributed by atoms with Gasteiger partial charge in [0, 0.05) is 6.07 Å². The average Bonchev–Trinajstić information content (AvgIpc) is 2.35. The molecule has 2 rings (SSSR count). The standard InChI is InChI=1S/C13H5Cl4F2NO/c14-7-4-8(15)11(3-6(7)13(17)21)20-12-9(16)1-5(18)2-10(12)19/h1-4,20H. The Labute approximate surface area is 138 Å². The van der Waals surface area contributed by atoms with Crippen LogP contribution in [0, 0.1) is 11.6 Å². The summed E-state index contributed by atoms with van der Waals surface area (Å²) in [6.07, 6.45) is 0. The predicted octanol–water partition coefficient (Wildman–Crippen LogP) is 6.05. The van der Waals surface area contributed by atoms with Crippen LogP contribution in [0.5, 0.6) is 0 Å². The molecule has 0 heterocycles. The van der Waals surface area contributed by atoms with Crippen molar-refractivity contribution in [3.8, 4) is 0 Å². The summed E-state index contributed by atoms with van der Waals surface area (Å²) < 4.78 is 26.7. The number of benzene rings is 2. The Morgan fingerprint density at radius 2 is 1.62 bits per heavy atom. The van der Waals surface area contributed by atoms with Crippen LogP contribution in [0.1, 0.15) is 10.4 Å². The molecular formula is C13H5Cl4F2NO. The maximum Gasteiger partial charge on any atom is 0.253 e. The molecule has 0 atom stereocenters. The molecule has 21 heavy (non-hydrogen) atoms. The minimum atomic E-state index is -0.912. The van der Waals surface area contributed by atoms with Crippen molar-refractivity contribution < 1.29 is 13.6 Å². The normalized spacial score (nSPS) is 10.6. The van der Waals surface area contributed by atoms with Crippen molar-refractivity contribution in [2.75, 3.05) is 5.32 Å². The van der Waals surface area contributed by atoms with E-state index >= 15 is 0 Å². The molecule has 110 valence electrons. The highest BCUT2D eigenvalue weighted by Crippen LogP contribution is 2.35. The fraction of sp³-hybridized carbons (Fsp3) is 0. The topological polar surface area (TPSA) is 29.1 Å². The van der Waals surface area contributed by atoms with Crippen LogP contribution >= 0.6 is 46.4 Å². The van der Waals surface area contributed by atoms with Gasteiger partial charge in [-0.3, -0.25) is 4.79 Å². The van der Waals surface area contributed by atoms with Crippen molar-refractivity contribution in [3.05, 3.63) is 56.5 Å². The van der Waals surface area contributed by atoms with Gasteiger partial charge in [0.05, 0.1) is 32.0 Å². The third-order valence-electron chi connectivity index (χ3n) is 2.54. The highest BCUT2D eigenvalue weighted by molar-refractivity contribution is 6.68. The number of rotatable bonds is 3. The van der Waals surface area contributed by atoms with Crippen molar-refractivity contribution in [2.45, 2.75) is 0 Å². The minimum absolute atomic E-state index is 0.0103. The second-order valence-corrected chi connectivity index (χ2v) is 5.52. The van der Waals surface area contributed by atoms with Gasteiger partial charge in [-0.1, -0.05) is 34.8 Å². The second kappa shape index (κ2) is 6.36. The van der Waals surface area contributed by atoms with Crippen LogP contribution in [0.15, 0.2) is 24.3 Å². The van der Waals surface area contributed by atoms with Crippen LogP contribution in [0.3, 0.4) is 0 Å². The van der Waals surface area contributed by atoms with Gasteiger partial charge in [-0.25, -0.2) is 8.78 Å². The lowest BCUT2D eigenvalue weighted by Crippen LogP contribution is -1.99. The van der Waals surface area contributed by atoms with Crippen molar-refractivity contribution in [3.63, 3.8) is 0 Å². The van der Waals surface area contributed by atoms with Crippen LogP contribution in [-0.4, -0.2) is 5.24 Å². The molecule has 0 aliphatic heterocycles. The molecule has 1 N–H and O–H groups in total. The Bertz CT molecular complexity index is 713. The zero-order valence-corrected chi connectivity index (χ0v) is 13.0. The van der Waals surface area contributed by atoms with Gasteiger partial charge in [-0.2, -0.15) is 0 Å². The van der Waals surface area contributed by atoms with Gasteiger partial charge < -0.3 is 5.32 Å². The van der Waals surface area contributed by atoms with E-state index in [0.717, 1.165) is 6.07 Å². The zero-order chi connectivity index (χ0) is 15.7. The van der Waals surface area contributed by atoms with Crippen molar-refractivity contribution in [1.29, 1.82) is 0 Å². The summed E-state index contributed by atoms with van der Waals surface area (Å²) in [6, 6.07) is 4.12. The van der Waals surface area contributed by atoms with E-state index < -0.39 is 16.9 Å². The van der Waals surface area contributed by atoms with E-state index in [1.807, 2.05) is 0 Å². The number of hydrogen-bond acceptors (Lipinski definition) is 2. The molecule has 2 aromatic rings. The minimum Gasteiger partial charge on any atom is -0.351 e. The highest BCUT2D eigenvalue weighted by atomic mass is 35.5. The molecule has 2 nitrogen and oxygen atoms in total. The van der Waals surface area contributed by atoms with E-state index in [1.165, 1.54) is 12.1 Å². The largest absolute Gasteiger partial charge is 0.351 e. The fourth-order valence-electron chi connectivity index (χ4n) is 1.59. The van der Waals surface area contributed by atoms with Gasteiger partial charge in [0.25, 0.3) is 5.24 Å². The Hall–Kier alpha value is -1.07. The quantitative estimate of drug-likeness (QED) is 0.666. The molecule has 0 unspecified atom stereocenters. The summed E-state index contributed by atoms with van der Waals surface area (Å²) in [5.74, 6) is -1.73. The third-order valence-corrected chi connectivity index (χ3v) is 3.66. The first-order valence-corrected chi connectivity index (χ1v) is 6.91. The molecule has 0 saturated carbocycles. The van der Waals surface area contributed by atoms with E-state index in [2.05, 4.69) is 5.32 Å². The van der Waals surface area contributed by atoms with Crippen LogP contribution in [0.4, 0.5) is 20.2 Å². The van der Waals surface area contributed by atoms with E-state index in [1.54, 1.807) is 0 Å². The first kappa shape index (κ1) is 16.3. The number of hydrogen-bond donors (Lipinski definition) is 1. The Kier molecular flexibility index (Phi) is 4.94. The Morgan fingerprint density at radius 3 is 2.19 bits per heavy atom. The molecule has 0 radical (unpaired) electrons. The molecule has 0 bridgehead atoms. The molecule has 2 aromatic carbocycles. The summed E-state index contributed by atoms with van der Waals surface area (Å²) in [7, 11) is 0. The summed E-state index contributed by atoms with van der Waals surface area (Å²) in [5.41, 5.74) is -0.0448. The molecular weight excluding hydrogens is 366 g/mol. The van der Waals surface area contributed by atoms with Crippen molar-refractivity contribution >= 4 is 63.0 Å². The predicted molar refractivity (Wildman–Crippen MR) is 81.3 cm³/mol. The third kappa shape index (κ3) is 3.58. The molecule has 8 heteroatoms. The Balaban J connectivity index is 2.50. The van der Waals surface area contributed by atoms with E-state index in [-0.39, 0.29) is 32.0 Å². The van der Waals surface area contributed by atoms with Gasteiger partial charge in [0.2, 0.25) is 0 Å². The fourth-order valence-corrected chi connectivity index (χ4v) is 2.55. The van der Waals surface area contributed by atoms with Gasteiger partial charge in [0.1, 0.15) is 5.82 Å². The van der Waals surface area contributed by atoms with Crippen LogP contribution < -0.4 is 5.32 Å². The maximum atomic E-state index is 13.7. The van der Waals surface area contributed by atoms with Crippen molar-refractivity contribution in [1.82, 2.24) is 0 Å². The summed E-state index contributed by atoms with van der Waals surface area (Å²) in [4.78, 5) is 11.2. The molecule has 0 aliphatic carbocycles. The molecule has 0 aliphatic rings. The average molecular weight is 371 g/mol. The number of anilines is 2. The van der Waals surface area contributed by atoms with Gasteiger partial charge in [0.15, 0.2) is 5.82 Å². The van der Waals surface area contributed by atoms with E-state index in [9.17, 15) is 13.6 Å². The zero-order valence-electron chi connectivity index (χ0n) is 9.99. The first-order chi connectivity index (χ1) is 9.79. The number of carbonyl (C=O) groups is 1. The van der Waals surface area contributed by atoms with Crippen LogP contribution in [-0.2, 0) is 0 Å². The van der Waals surface area contributed by atoms with E-state index in [4.69, 9.17) is 46.4 Å². The lowest BCUT2D eigenvalue weighted by atomic mass is 10.2. The van der Waals surface area contributed by atoms with Gasteiger partial charge >= 0.3 is 0 Å². The summed E-state index contributed by atoms with van der Waals surface area (Å²) in [5, 5.41) is 1.76. The molecule has 0 fully saturated rings. The van der Waals surface area contributed by atoms with Gasteiger partial charge in [-0.15, -0.1) is 0 Å². The van der Waals surface area contributed by atoms with Crippen molar-refractivity contribution in [2.24, 2.45) is 0 Å². The smallest absolute Gasteiger partial charge is 0.253 e. The van der Waals surface area contributed by atoms with Crippen LogP contribution in [0.2, 0.25) is 15.1 Å². The van der Waals surface area contributed by atoms with Crippen LogP contribution in [0.25, 0.3) is 0 Å². The summed E-state index contributed by atoms with van der Waals surface area (Å²) >= 11 is 22.9. The SMILES string of the molecule is O=C(Cl)c1cc(Nc2c(F)cc(F)cc2Cl)c(Cl)cc1Cl. The molecule has 0 aromatic heterocycles. The molecule has 0 saturated heterocycles. The maximum absolute atomic E-state index is 13.7. The summed E-state index contributed by atoms with van der Waals surface area (Å²) in [6.45, 7) is 0.